The van der Waals surface area contributed by atoms with E-state index < -0.39 is 0 Å². The van der Waals surface area contributed by atoms with Gasteiger partial charge in [0, 0.05) is 5.56 Å². The predicted octanol–water partition coefficient (Wildman–Crippen LogP) is 2.33. The van der Waals surface area contributed by atoms with Crippen LogP contribution in [-0.4, -0.2) is 20.8 Å². The van der Waals surface area contributed by atoms with E-state index in [9.17, 15) is 0 Å². The van der Waals surface area contributed by atoms with Crippen LogP contribution in [0.5, 0.6) is 11.5 Å². The van der Waals surface area contributed by atoms with Gasteiger partial charge in [0.25, 0.3) is 0 Å². The van der Waals surface area contributed by atoms with E-state index in [0.29, 0.717) is 12.5 Å². The van der Waals surface area contributed by atoms with E-state index in [1.165, 1.54) is 11.1 Å². The van der Waals surface area contributed by atoms with E-state index in [1.54, 1.807) is 14.2 Å². The third-order valence-corrected chi connectivity index (χ3v) is 2.67. The number of methoxy groups -OCH3 is 2. The maximum atomic E-state index is 5.62. The average Bonchev–Trinajstić information content (AvgIpc) is 2.28. The minimum absolute atomic E-state index is 0.395. The van der Waals surface area contributed by atoms with Crippen molar-refractivity contribution in [1.82, 2.24) is 0 Å². The highest BCUT2D eigenvalue weighted by molar-refractivity contribution is 5.52. The van der Waals surface area contributed by atoms with Gasteiger partial charge in [0.05, 0.1) is 14.2 Å². The Kier molecular flexibility index (Phi) is 4.62. The molecule has 0 fully saturated rings. The maximum Gasteiger partial charge on any atom is 0.164 e. The molecule has 0 bridgehead atoms. The number of hydrogen-bond donors (Lipinski definition) is 1. The molecule has 3 nitrogen and oxygen atoms in total. The second-order valence-corrected chi connectivity index (χ2v) is 4.07. The summed E-state index contributed by atoms with van der Waals surface area (Å²) in [5.74, 6) is 2.02. The van der Waals surface area contributed by atoms with E-state index in [2.05, 4.69) is 19.9 Å². The quantitative estimate of drug-likeness (QED) is 0.833. The van der Waals surface area contributed by atoms with Gasteiger partial charge < -0.3 is 15.2 Å². The Bertz CT molecular complexity index is 348. The molecule has 0 radical (unpaired) electrons. The van der Waals surface area contributed by atoms with Crippen molar-refractivity contribution >= 4 is 0 Å². The normalized spacial score (nSPS) is 10.6. The lowest BCUT2D eigenvalue weighted by Crippen LogP contribution is -2.08. The van der Waals surface area contributed by atoms with E-state index in [0.717, 1.165) is 17.9 Å². The van der Waals surface area contributed by atoms with Crippen LogP contribution in [0.25, 0.3) is 0 Å². The molecule has 0 saturated carbocycles. The summed E-state index contributed by atoms with van der Waals surface area (Å²) in [6, 6.07) is 4.01. The van der Waals surface area contributed by atoms with Crippen molar-refractivity contribution in [2.75, 3.05) is 20.8 Å². The van der Waals surface area contributed by atoms with Gasteiger partial charge in [-0.3, -0.25) is 0 Å². The van der Waals surface area contributed by atoms with Crippen molar-refractivity contribution in [3.63, 3.8) is 0 Å². The number of ether oxygens (including phenoxy) is 2. The van der Waals surface area contributed by atoms with Gasteiger partial charge >= 0.3 is 0 Å². The number of benzene rings is 1. The lowest BCUT2D eigenvalue weighted by atomic mass is 9.93. The fraction of sp³-hybridized carbons (Fsp3) is 0.538. The standard InChI is InChI=1S/C13H21NO2/c1-9(2)12-10(7-8-14)5-6-11(15-3)13(12)16-4/h5-6,9H,7-8,14H2,1-4H3. The molecular weight excluding hydrogens is 202 g/mol. The van der Waals surface area contributed by atoms with Crippen LogP contribution in [0.15, 0.2) is 12.1 Å². The molecule has 0 aliphatic carbocycles. The van der Waals surface area contributed by atoms with Crippen molar-refractivity contribution in [3.05, 3.63) is 23.3 Å². The highest BCUT2D eigenvalue weighted by atomic mass is 16.5. The Morgan fingerprint density at radius 1 is 1.19 bits per heavy atom. The lowest BCUT2D eigenvalue weighted by molar-refractivity contribution is 0.349. The highest BCUT2D eigenvalue weighted by Gasteiger charge is 2.16. The first-order valence-corrected chi connectivity index (χ1v) is 5.59. The van der Waals surface area contributed by atoms with E-state index in [4.69, 9.17) is 15.2 Å². The van der Waals surface area contributed by atoms with Gasteiger partial charge in [-0.15, -0.1) is 0 Å². The summed E-state index contributed by atoms with van der Waals surface area (Å²) in [6.07, 6.45) is 0.869. The van der Waals surface area contributed by atoms with Gasteiger partial charge in [-0.25, -0.2) is 0 Å². The topological polar surface area (TPSA) is 44.5 Å². The monoisotopic (exact) mass is 223 g/mol. The zero-order chi connectivity index (χ0) is 12.1. The molecule has 1 aromatic carbocycles. The first-order chi connectivity index (χ1) is 7.65. The summed E-state index contributed by atoms with van der Waals surface area (Å²) in [6.45, 7) is 4.95. The van der Waals surface area contributed by atoms with Crippen LogP contribution in [0, 0.1) is 0 Å². The number of hydrogen-bond acceptors (Lipinski definition) is 3. The molecule has 3 heteroatoms. The van der Waals surface area contributed by atoms with Crippen LogP contribution in [0.4, 0.5) is 0 Å². The van der Waals surface area contributed by atoms with Gasteiger partial charge in [-0.1, -0.05) is 19.9 Å². The Hall–Kier alpha value is -1.22. The van der Waals surface area contributed by atoms with E-state index >= 15 is 0 Å². The summed E-state index contributed by atoms with van der Waals surface area (Å²) in [4.78, 5) is 0. The molecule has 0 aromatic heterocycles. The molecule has 90 valence electrons. The van der Waals surface area contributed by atoms with Crippen molar-refractivity contribution in [1.29, 1.82) is 0 Å². The summed E-state index contributed by atoms with van der Waals surface area (Å²) >= 11 is 0. The summed E-state index contributed by atoms with van der Waals surface area (Å²) in [5.41, 5.74) is 8.07. The zero-order valence-electron chi connectivity index (χ0n) is 10.5. The zero-order valence-corrected chi connectivity index (χ0v) is 10.5. The average molecular weight is 223 g/mol. The molecule has 0 spiro atoms. The lowest BCUT2D eigenvalue weighted by Gasteiger charge is -2.19. The minimum atomic E-state index is 0.395. The first-order valence-electron chi connectivity index (χ1n) is 5.59. The summed E-state index contributed by atoms with van der Waals surface area (Å²) in [7, 11) is 3.33. The van der Waals surface area contributed by atoms with Crippen molar-refractivity contribution in [3.8, 4) is 11.5 Å². The largest absolute Gasteiger partial charge is 0.493 e. The van der Waals surface area contributed by atoms with Gasteiger partial charge in [0.15, 0.2) is 11.5 Å². The molecule has 0 aliphatic heterocycles. The number of nitrogens with two attached hydrogens (primary N) is 1. The smallest absolute Gasteiger partial charge is 0.164 e. The van der Waals surface area contributed by atoms with Gasteiger partial charge in [0.1, 0.15) is 0 Å². The molecule has 0 saturated heterocycles. The van der Waals surface area contributed by atoms with E-state index in [1.807, 2.05) is 6.07 Å². The predicted molar refractivity (Wildman–Crippen MR) is 66.4 cm³/mol. The second kappa shape index (κ2) is 5.75. The molecule has 1 aromatic rings. The molecule has 0 heterocycles. The molecule has 0 unspecified atom stereocenters. The third kappa shape index (κ3) is 2.47. The third-order valence-electron chi connectivity index (χ3n) is 2.67. The second-order valence-electron chi connectivity index (χ2n) is 4.07. The molecule has 2 N–H and O–H groups in total. The van der Waals surface area contributed by atoms with Crippen LogP contribution in [-0.2, 0) is 6.42 Å². The fourth-order valence-electron chi connectivity index (χ4n) is 2.00. The van der Waals surface area contributed by atoms with E-state index in [-0.39, 0.29) is 0 Å². The van der Waals surface area contributed by atoms with Crippen LogP contribution in [0.2, 0.25) is 0 Å². The Morgan fingerprint density at radius 3 is 2.31 bits per heavy atom. The van der Waals surface area contributed by atoms with Crippen molar-refractivity contribution < 1.29 is 9.47 Å². The molecule has 0 aliphatic rings. The van der Waals surface area contributed by atoms with Crippen LogP contribution < -0.4 is 15.2 Å². The minimum Gasteiger partial charge on any atom is -0.493 e. The van der Waals surface area contributed by atoms with Gasteiger partial charge in [-0.05, 0) is 30.5 Å². The van der Waals surface area contributed by atoms with Gasteiger partial charge in [-0.2, -0.15) is 0 Å². The maximum absolute atomic E-state index is 5.62. The van der Waals surface area contributed by atoms with Crippen LogP contribution in [0.1, 0.15) is 30.9 Å². The molecule has 0 atom stereocenters. The Balaban J connectivity index is 3.32. The molecule has 1 rings (SSSR count). The Morgan fingerprint density at radius 2 is 1.88 bits per heavy atom. The molecule has 0 amide bonds. The van der Waals surface area contributed by atoms with Crippen LogP contribution in [0.3, 0.4) is 0 Å². The van der Waals surface area contributed by atoms with Gasteiger partial charge in [0.2, 0.25) is 0 Å². The van der Waals surface area contributed by atoms with Crippen molar-refractivity contribution in [2.24, 2.45) is 5.73 Å². The molecule has 16 heavy (non-hydrogen) atoms. The summed E-state index contributed by atoms with van der Waals surface area (Å²) in [5, 5.41) is 0. The van der Waals surface area contributed by atoms with Crippen LogP contribution >= 0.6 is 0 Å². The summed E-state index contributed by atoms with van der Waals surface area (Å²) < 4.78 is 10.8. The SMILES string of the molecule is COc1ccc(CCN)c(C(C)C)c1OC. The highest BCUT2D eigenvalue weighted by Crippen LogP contribution is 2.38. The van der Waals surface area contributed by atoms with Crippen molar-refractivity contribution in [2.45, 2.75) is 26.2 Å². The number of rotatable bonds is 5. The first kappa shape index (κ1) is 12.8. The molecular formula is C13H21NO2. The fourth-order valence-corrected chi connectivity index (χ4v) is 2.00. The Labute approximate surface area is 97.6 Å².